The molecule has 146 valence electrons. The second-order valence-corrected chi connectivity index (χ2v) is 7.82. The van der Waals surface area contributed by atoms with Crippen LogP contribution in [-0.2, 0) is 6.54 Å². The van der Waals surface area contributed by atoms with E-state index in [2.05, 4.69) is 46.0 Å². The molecule has 2 aliphatic rings. The number of hydrogen-bond acceptors (Lipinski definition) is 5. The molecule has 26 heavy (non-hydrogen) atoms. The minimum Gasteiger partial charge on any atom is -0.493 e. The summed E-state index contributed by atoms with van der Waals surface area (Å²) in [5.41, 5.74) is 1.27. The van der Waals surface area contributed by atoms with Crippen molar-refractivity contribution < 1.29 is 9.84 Å². The number of piperazine rings is 1. The van der Waals surface area contributed by atoms with Crippen LogP contribution in [0.2, 0.25) is 0 Å². The third-order valence-corrected chi connectivity index (χ3v) is 5.63. The maximum atomic E-state index is 9.83. The maximum Gasteiger partial charge on any atom is 0.123 e. The fourth-order valence-corrected chi connectivity index (χ4v) is 3.85. The number of likely N-dealkylation sites (N-methyl/N-ethyl adjacent to an activating group) is 1. The molecule has 1 aromatic rings. The molecule has 5 nitrogen and oxygen atoms in total. The van der Waals surface area contributed by atoms with E-state index in [1.54, 1.807) is 0 Å². The SMILES string of the molecule is CN1CCN(CCCOc2ccccc2CN2CCC[C@@H](O)CC2)CC1. The minimum atomic E-state index is -0.124. The van der Waals surface area contributed by atoms with Crippen LogP contribution in [0.5, 0.6) is 5.75 Å². The van der Waals surface area contributed by atoms with Crippen molar-refractivity contribution in [2.24, 2.45) is 0 Å². The monoisotopic (exact) mass is 361 g/mol. The number of nitrogens with zero attached hydrogens (tertiary/aromatic N) is 3. The van der Waals surface area contributed by atoms with Crippen molar-refractivity contribution in [3.8, 4) is 5.75 Å². The lowest BCUT2D eigenvalue weighted by molar-refractivity contribution is 0.145. The van der Waals surface area contributed by atoms with Crippen LogP contribution in [0.15, 0.2) is 24.3 Å². The van der Waals surface area contributed by atoms with Gasteiger partial charge in [-0.2, -0.15) is 0 Å². The standard InChI is InChI=1S/C21H35N3O2/c1-22-13-15-23(16-14-22)11-5-17-26-21-8-3-2-6-19(21)18-24-10-4-7-20(25)9-12-24/h2-3,6,8,20,25H,4-5,7,9-18H2,1H3/t20-/m1/s1. The van der Waals surface area contributed by atoms with E-state index in [0.29, 0.717) is 0 Å². The summed E-state index contributed by atoms with van der Waals surface area (Å²) in [6.07, 6.45) is 3.85. The number of benzene rings is 1. The average Bonchev–Trinajstić information content (AvgIpc) is 2.86. The Morgan fingerprint density at radius 1 is 1.00 bits per heavy atom. The molecule has 2 heterocycles. The lowest BCUT2D eigenvalue weighted by Gasteiger charge is -2.32. The predicted molar refractivity (Wildman–Crippen MR) is 106 cm³/mol. The van der Waals surface area contributed by atoms with Gasteiger partial charge in [0.25, 0.3) is 0 Å². The highest BCUT2D eigenvalue weighted by molar-refractivity contribution is 5.33. The van der Waals surface area contributed by atoms with Crippen LogP contribution >= 0.6 is 0 Å². The first-order chi connectivity index (χ1) is 12.7. The predicted octanol–water partition coefficient (Wildman–Crippen LogP) is 2.05. The molecular weight excluding hydrogens is 326 g/mol. The van der Waals surface area contributed by atoms with Gasteiger partial charge in [0.05, 0.1) is 12.7 Å². The number of aliphatic hydroxyl groups excluding tert-OH is 1. The summed E-state index contributed by atoms with van der Waals surface area (Å²) >= 11 is 0. The highest BCUT2D eigenvalue weighted by atomic mass is 16.5. The van der Waals surface area contributed by atoms with Crippen molar-refractivity contribution in [3.63, 3.8) is 0 Å². The van der Waals surface area contributed by atoms with Crippen LogP contribution in [-0.4, -0.2) is 85.4 Å². The maximum absolute atomic E-state index is 9.83. The molecule has 2 fully saturated rings. The highest BCUT2D eigenvalue weighted by Crippen LogP contribution is 2.22. The number of para-hydroxylation sites is 1. The van der Waals surface area contributed by atoms with Crippen molar-refractivity contribution in [3.05, 3.63) is 29.8 Å². The van der Waals surface area contributed by atoms with Crippen LogP contribution in [0.4, 0.5) is 0 Å². The van der Waals surface area contributed by atoms with Gasteiger partial charge in [-0.3, -0.25) is 4.90 Å². The molecular formula is C21H35N3O2. The molecule has 0 aromatic heterocycles. The summed E-state index contributed by atoms with van der Waals surface area (Å²) < 4.78 is 6.13. The molecule has 0 amide bonds. The number of likely N-dealkylation sites (tertiary alicyclic amines) is 1. The van der Waals surface area contributed by atoms with Gasteiger partial charge < -0.3 is 19.6 Å². The molecule has 0 radical (unpaired) electrons. The fraction of sp³-hybridized carbons (Fsp3) is 0.714. The Labute approximate surface area is 158 Å². The molecule has 2 saturated heterocycles. The molecule has 0 bridgehead atoms. The van der Waals surface area contributed by atoms with Crippen molar-refractivity contribution in [1.29, 1.82) is 0 Å². The second-order valence-electron chi connectivity index (χ2n) is 7.82. The van der Waals surface area contributed by atoms with Gasteiger partial charge in [0.2, 0.25) is 0 Å². The molecule has 0 aliphatic carbocycles. The zero-order chi connectivity index (χ0) is 18.2. The second kappa shape index (κ2) is 10.3. The van der Waals surface area contributed by atoms with Crippen molar-refractivity contribution in [2.75, 3.05) is 59.5 Å². The van der Waals surface area contributed by atoms with E-state index in [1.165, 1.54) is 31.7 Å². The van der Waals surface area contributed by atoms with Crippen LogP contribution in [0.3, 0.4) is 0 Å². The van der Waals surface area contributed by atoms with E-state index in [4.69, 9.17) is 4.74 Å². The zero-order valence-electron chi connectivity index (χ0n) is 16.3. The molecule has 1 aromatic carbocycles. The van der Waals surface area contributed by atoms with Crippen molar-refractivity contribution in [1.82, 2.24) is 14.7 Å². The van der Waals surface area contributed by atoms with Crippen molar-refractivity contribution >= 4 is 0 Å². The third kappa shape index (κ3) is 6.23. The summed E-state index contributed by atoms with van der Waals surface area (Å²) in [7, 11) is 2.20. The van der Waals surface area contributed by atoms with Crippen molar-refractivity contribution in [2.45, 2.75) is 38.3 Å². The molecule has 0 spiro atoms. The molecule has 2 aliphatic heterocycles. The Balaban J connectivity index is 1.43. The van der Waals surface area contributed by atoms with Crippen LogP contribution in [0, 0.1) is 0 Å². The quantitative estimate of drug-likeness (QED) is 0.753. The largest absolute Gasteiger partial charge is 0.493 e. The van der Waals surface area contributed by atoms with Gasteiger partial charge in [-0.15, -0.1) is 0 Å². The zero-order valence-corrected chi connectivity index (χ0v) is 16.3. The minimum absolute atomic E-state index is 0.124. The summed E-state index contributed by atoms with van der Waals surface area (Å²) in [5.74, 6) is 1.02. The first kappa shape index (κ1) is 19.6. The summed E-state index contributed by atoms with van der Waals surface area (Å²) in [6.45, 7) is 9.56. The Bertz CT molecular complexity index is 532. The average molecular weight is 362 g/mol. The molecule has 1 atom stereocenters. The Hall–Kier alpha value is -1.14. The van der Waals surface area contributed by atoms with Gasteiger partial charge in [-0.1, -0.05) is 18.2 Å². The highest BCUT2D eigenvalue weighted by Gasteiger charge is 2.17. The van der Waals surface area contributed by atoms with Gasteiger partial charge in [0.15, 0.2) is 0 Å². The molecule has 5 heteroatoms. The molecule has 3 rings (SSSR count). The topological polar surface area (TPSA) is 39.2 Å². The smallest absolute Gasteiger partial charge is 0.123 e. The van der Waals surface area contributed by atoms with Crippen LogP contribution in [0.25, 0.3) is 0 Å². The Morgan fingerprint density at radius 3 is 2.65 bits per heavy atom. The molecule has 1 N–H and O–H groups in total. The number of hydrogen-bond donors (Lipinski definition) is 1. The van der Waals surface area contributed by atoms with Gasteiger partial charge in [0, 0.05) is 51.4 Å². The van der Waals surface area contributed by atoms with Gasteiger partial charge >= 0.3 is 0 Å². The van der Waals surface area contributed by atoms with E-state index in [-0.39, 0.29) is 6.10 Å². The number of ether oxygens (including phenoxy) is 1. The summed E-state index contributed by atoms with van der Waals surface area (Å²) in [4.78, 5) is 7.38. The van der Waals surface area contributed by atoms with Crippen LogP contribution in [0.1, 0.15) is 31.2 Å². The Kier molecular flexibility index (Phi) is 7.74. The molecule has 0 saturated carbocycles. The third-order valence-electron chi connectivity index (χ3n) is 5.63. The van der Waals surface area contributed by atoms with Gasteiger partial charge in [-0.05, 0) is 45.3 Å². The van der Waals surface area contributed by atoms with Gasteiger partial charge in [0.1, 0.15) is 5.75 Å². The Morgan fingerprint density at radius 2 is 1.81 bits per heavy atom. The lowest BCUT2D eigenvalue weighted by Crippen LogP contribution is -2.44. The van der Waals surface area contributed by atoms with Gasteiger partial charge in [-0.25, -0.2) is 0 Å². The normalized spacial score (nSPS) is 23.7. The summed E-state index contributed by atoms with van der Waals surface area (Å²) in [6, 6.07) is 8.43. The van der Waals surface area contributed by atoms with Crippen LogP contribution < -0.4 is 4.74 Å². The molecule has 0 unspecified atom stereocenters. The van der Waals surface area contributed by atoms with E-state index in [1.807, 2.05) is 0 Å². The fourth-order valence-electron chi connectivity index (χ4n) is 3.85. The van der Waals surface area contributed by atoms with E-state index >= 15 is 0 Å². The number of rotatable bonds is 7. The van der Waals surface area contributed by atoms with E-state index in [0.717, 1.165) is 64.2 Å². The number of aliphatic hydroxyl groups is 1. The van der Waals surface area contributed by atoms with E-state index < -0.39 is 0 Å². The first-order valence-electron chi connectivity index (χ1n) is 10.2. The summed E-state index contributed by atoms with van der Waals surface area (Å²) in [5, 5.41) is 9.83. The lowest BCUT2D eigenvalue weighted by atomic mass is 10.2. The first-order valence-corrected chi connectivity index (χ1v) is 10.2. The van der Waals surface area contributed by atoms with E-state index in [9.17, 15) is 5.11 Å².